The van der Waals surface area contributed by atoms with Gasteiger partial charge in [-0.25, -0.2) is 9.18 Å². The summed E-state index contributed by atoms with van der Waals surface area (Å²) in [6, 6.07) is 4.79. The number of aromatic nitrogens is 1. The van der Waals surface area contributed by atoms with Crippen molar-refractivity contribution < 1.29 is 23.5 Å². The first kappa shape index (κ1) is 12.7. The normalized spacial score (nSPS) is 10.2. The molecule has 7 heteroatoms. The van der Waals surface area contributed by atoms with Gasteiger partial charge in [-0.05, 0) is 25.1 Å². The Balaban J connectivity index is 2.20. The molecule has 1 aromatic carbocycles. The fourth-order valence-corrected chi connectivity index (χ4v) is 1.45. The van der Waals surface area contributed by atoms with E-state index in [0.717, 1.165) is 6.07 Å². The maximum Gasteiger partial charge on any atom is 0.373 e. The minimum absolute atomic E-state index is 0.0766. The minimum Gasteiger partial charge on any atom is -0.475 e. The van der Waals surface area contributed by atoms with E-state index in [1.807, 2.05) is 0 Å². The largest absolute Gasteiger partial charge is 0.475 e. The van der Waals surface area contributed by atoms with E-state index in [1.165, 1.54) is 25.1 Å². The van der Waals surface area contributed by atoms with Gasteiger partial charge in [-0.1, -0.05) is 6.07 Å². The van der Waals surface area contributed by atoms with Gasteiger partial charge < -0.3 is 9.52 Å². The molecule has 0 aliphatic rings. The van der Waals surface area contributed by atoms with Crippen molar-refractivity contribution in [1.29, 1.82) is 0 Å². The van der Waals surface area contributed by atoms with Gasteiger partial charge in [-0.3, -0.25) is 10.1 Å². The summed E-state index contributed by atoms with van der Waals surface area (Å²) in [7, 11) is 0. The van der Waals surface area contributed by atoms with E-state index < -0.39 is 17.7 Å². The number of carboxylic acids is 1. The van der Waals surface area contributed by atoms with E-state index in [-0.39, 0.29) is 23.0 Å². The molecule has 2 aromatic rings. The third-order valence-corrected chi connectivity index (χ3v) is 2.30. The molecule has 0 aliphatic carbocycles. The summed E-state index contributed by atoms with van der Waals surface area (Å²) in [4.78, 5) is 26.2. The van der Waals surface area contributed by atoms with Gasteiger partial charge in [-0.2, -0.15) is 4.98 Å². The average Bonchev–Trinajstić information content (AvgIpc) is 2.70. The average molecular weight is 264 g/mol. The zero-order valence-electron chi connectivity index (χ0n) is 9.81. The molecule has 0 atom stereocenters. The van der Waals surface area contributed by atoms with E-state index in [1.54, 1.807) is 0 Å². The Morgan fingerprint density at radius 2 is 2.16 bits per heavy atom. The number of hydrogen-bond donors (Lipinski definition) is 2. The number of amides is 1. The molecule has 0 bridgehead atoms. The summed E-state index contributed by atoms with van der Waals surface area (Å²) >= 11 is 0. The van der Waals surface area contributed by atoms with Gasteiger partial charge in [0.1, 0.15) is 5.82 Å². The smallest absolute Gasteiger partial charge is 0.373 e. The molecule has 2 rings (SSSR count). The molecule has 19 heavy (non-hydrogen) atoms. The molecule has 0 saturated heterocycles. The summed E-state index contributed by atoms with van der Waals surface area (Å²) < 4.78 is 17.8. The second-order valence-corrected chi connectivity index (χ2v) is 3.70. The second kappa shape index (κ2) is 4.89. The maximum absolute atomic E-state index is 12.9. The molecular formula is C12H9FN2O4. The van der Waals surface area contributed by atoms with Gasteiger partial charge in [0.05, 0.1) is 5.69 Å². The number of carbonyl (C=O) groups is 2. The van der Waals surface area contributed by atoms with E-state index in [0.29, 0.717) is 0 Å². The Hall–Kier alpha value is -2.70. The molecular weight excluding hydrogens is 255 g/mol. The standard InChI is InChI=1S/C12H9FN2O4/c1-6-9(11(17)18)19-12(14-6)15-10(16)7-3-2-4-8(13)5-7/h2-5H,1H3,(H,17,18)(H,14,15,16). The lowest BCUT2D eigenvalue weighted by molar-refractivity contribution is 0.0661. The topological polar surface area (TPSA) is 92.4 Å². The van der Waals surface area contributed by atoms with Gasteiger partial charge in [0.2, 0.25) is 5.76 Å². The SMILES string of the molecule is Cc1nc(NC(=O)c2cccc(F)c2)oc1C(=O)O. The van der Waals surface area contributed by atoms with Crippen LogP contribution in [0.4, 0.5) is 10.4 Å². The van der Waals surface area contributed by atoms with Crippen molar-refractivity contribution >= 4 is 17.9 Å². The lowest BCUT2D eigenvalue weighted by Crippen LogP contribution is -2.12. The highest BCUT2D eigenvalue weighted by Crippen LogP contribution is 2.15. The third kappa shape index (κ3) is 2.76. The number of halogens is 1. The van der Waals surface area contributed by atoms with Crippen LogP contribution < -0.4 is 5.32 Å². The Morgan fingerprint density at radius 1 is 1.42 bits per heavy atom. The van der Waals surface area contributed by atoms with Gasteiger partial charge in [0.15, 0.2) is 0 Å². The number of nitrogens with one attached hydrogen (secondary N) is 1. The first-order valence-electron chi connectivity index (χ1n) is 5.25. The number of carboxylic acid groups (broad SMARTS) is 1. The van der Waals surface area contributed by atoms with Gasteiger partial charge in [-0.15, -0.1) is 0 Å². The van der Waals surface area contributed by atoms with Crippen LogP contribution in [0.25, 0.3) is 0 Å². The molecule has 0 saturated carbocycles. The van der Waals surface area contributed by atoms with Gasteiger partial charge in [0.25, 0.3) is 5.91 Å². The molecule has 98 valence electrons. The van der Waals surface area contributed by atoms with E-state index in [4.69, 9.17) is 9.52 Å². The lowest BCUT2D eigenvalue weighted by Gasteiger charge is -2.00. The van der Waals surface area contributed by atoms with Crippen LogP contribution in [-0.2, 0) is 0 Å². The van der Waals surface area contributed by atoms with Crippen molar-refractivity contribution in [2.75, 3.05) is 5.32 Å². The molecule has 2 N–H and O–H groups in total. The van der Waals surface area contributed by atoms with Crippen molar-refractivity contribution in [2.45, 2.75) is 6.92 Å². The fourth-order valence-electron chi connectivity index (χ4n) is 1.45. The second-order valence-electron chi connectivity index (χ2n) is 3.70. The van der Waals surface area contributed by atoms with Crippen LogP contribution in [0.2, 0.25) is 0 Å². The number of oxazole rings is 1. The van der Waals surface area contributed by atoms with Crippen molar-refractivity contribution in [3.63, 3.8) is 0 Å². The van der Waals surface area contributed by atoms with Crippen LogP contribution in [0.5, 0.6) is 0 Å². The summed E-state index contributed by atoms with van der Waals surface area (Å²) in [6.45, 7) is 1.44. The molecule has 1 amide bonds. The molecule has 0 radical (unpaired) electrons. The molecule has 0 spiro atoms. The highest BCUT2D eigenvalue weighted by Gasteiger charge is 2.18. The number of nitrogens with zero attached hydrogens (tertiary/aromatic N) is 1. The third-order valence-electron chi connectivity index (χ3n) is 2.30. The summed E-state index contributed by atoms with van der Waals surface area (Å²) in [5, 5.41) is 11.0. The van der Waals surface area contributed by atoms with Gasteiger partial charge in [0, 0.05) is 5.56 Å². The van der Waals surface area contributed by atoms with E-state index in [9.17, 15) is 14.0 Å². The highest BCUT2D eigenvalue weighted by atomic mass is 19.1. The number of hydrogen-bond acceptors (Lipinski definition) is 4. The van der Waals surface area contributed by atoms with Crippen molar-refractivity contribution in [3.8, 4) is 0 Å². The molecule has 0 unspecified atom stereocenters. The Kier molecular flexibility index (Phi) is 3.28. The molecule has 6 nitrogen and oxygen atoms in total. The van der Waals surface area contributed by atoms with Crippen LogP contribution in [0.3, 0.4) is 0 Å². The first-order chi connectivity index (χ1) is 8.97. The molecule has 0 fully saturated rings. The number of benzene rings is 1. The number of anilines is 1. The minimum atomic E-state index is -1.28. The number of carbonyl (C=O) groups excluding carboxylic acids is 1. The van der Waals surface area contributed by atoms with Crippen molar-refractivity contribution in [2.24, 2.45) is 0 Å². The predicted molar refractivity (Wildman–Crippen MR) is 62.6 cm³/mol. The van der Waals surface area contributed by atoms with Crippen molar-refractivity contribution in [3.05, 3.63) is 47.1 Å². The summed E-state index contributed by atoms with van der Waals surface area (Å²) in [6.07, 6.45) is 0. The monoisotopic (exact) mass is 264 g/mol. The molecule has 1 aromatic heterocycles. The Morgan fingerprint density at radius 3 is 2.74 bits per heavy atom. The Bertz CT molecular complexity index is 651. The number of aromatic carboxylic acids is 1. The zero-order chi connectivity index (χ0) is 14.0. The van der Waals surface area contributed by atoms with Crippen molar-refractivity contribution in [1.82, 2.24) is 4.98 Å². The summed E-state index contributed by atoms with van der Waals surface area (Å²) in [5.74, 6) is -2.83. The number of rotatable bonds is 3. The number of aryl methyl sites for hydroxylation is 1. The van der Waals surface area contributed by atoms with Crippen LogP contribution in [0.15, 0.2) is 28.7 Å². The highest BCUT2D eigenvalue weighted by molar-refractivity contribution is 6.03. The lowest BCUT2D eigenvalue weighted by atomic mass is 10.2. The van der Waals surface area contributed by atoms with Gasteiger partial charge >= 0.3 is 12.0 Å². The quantitative estimate of drug-likeness (QED) is 0.885. The summed E-state index contributed by atoms with van der Waals surface area (Å²) in [5.41, 5.74) is 0.217. The maximum atomic E-state index is 12.9. The van der Waals surface area contributed by atoms with Crippen LogP contribution in [0.1, 0.15) is 26.6 Å². The first-order valence-corrected chi connectivity index (χ1v) is 5.25. The Labute approximate surface area is 106 Å². The molecule has 0 aliphatic heterocycles. The van der Waals surface area contributed by atoms with Crippen LogP contribution in [0, 0.1) is 12.7 Å². The van der Waals surface area contributed by atoms with Crippen LogP contribution >= 0.6 is 0 Å². The van der Waals surface area contributed by atoms with Crippen LogP contribution in [-0.4, -0.2) is 22.0 Å². The predicted octanol–water partition coefficient (Wildman–Crippen LogP) is 2.07. The fraction of sp³-hybridized carbons (Fsp3) is 0.0833. The molecule has 1 heterocycles. The van der Waals surface area contributed by atoms with E-state index >= 15 is 0 Å². The zero-order valence-corrected chi connectivity index (χ0v) is 9.81. The van der Waals surface area contributed by atoms with E-state index in [2.05, 4.69) is 10.3 Å².